The van der Waals surface area contributed by atoms with Gasteiger partial charge in [-0.15, -0.1) is 0 Å². The van der Waals surface area contributed by atoms with Crippen molar-refractivity contribution in [3.05, 3.63) is 35.0 Å². The second-order valence-electron chi connectivity index (χ2n) is 4.47. The maximum atomic E-state index is 6.07. The van der Waals surface area contributed by atoms with Crippen LogP contribution in [0.15, 0.2) is 24.4 Å². The molecule has 16 heavy (non-hydrogen) atoms. The average Bonchev–Trinajstić information content (AvgIpc) is 2.72. The number of halogens is 1. The molecule has 2 nitrogen and oxygen atoms in total. The van der Waals surface area contributed by atoms with Gasteiger partial charge in [0.25, 0.3) is 0 Å². The van der Waals surface area contributed by atoms with Gasteiger partial charge in [-0.2, -0.15) is 0 Å². The van der Waals surface area contributed by atoms with Crippen LogP contribution < -0.4 is 5.32 Å². The minimum atomic E-state index is 0.702. The largest absolute Gasteiger partial charge is 0.360 e. The molecule has 0 aliphatic carbocycles. The van der Waals surface area contributed by atoms with Crippen molar-refractivity contribution in [1.29, 1.82) is 0 Å². The zero-order chi connectivity index (χ0) is 11.0. The van der Waals surface area contributed by atoms with E-state index in [0.717, 1.165) is 29.0 Å². The molecule has 0 spiro atoms. The van der Waals surface area contributed by atoms with E-state index in [2.05, 4.69) is 28.5 Å². The Balaban J connectivity index is 1.97. The molecule has 1 aliphatic rings. The Morgan fingerprint density at radius 2 is 2.00 bits per heavy atom. The summed E-state index contributed by atoms with van der Waals surface area (Å²) in [5, 5.41) is 5.33. The summed E-state index contributed by atoms with van der Waals surface area (Å²) in [4.78, 5) is 3.22. The van der Waals surface area contributed by atoms with Crippen molar-refractivity contribution in [2.75, 3.05) is 13.1 Å². The summed E-state index contributed by atoms with van der Waals surface area (Å²) in [5.74, 6) is 0.702. The van der Waals surface area contributed by atoms with E-state index in [4.69, 9.17) is 11.6 Å². The van der Waals surface area contributed by atoms with E-state index in [1.807, 2.05) is 6.20 Å². The summed E-state index contributed by atoms with van der Waals surface area (Å²) < 4.78 is 0. The third-order valence-corrected chi connectivity index (χ3v) is 3.78. The van der Waals surface area contributed by atoms with Gasteiger partial charge in [-0.25, -0.2) is 0 Å². The van der Waals surface area contributed by atoms with Crippen LogP contribution in [0.1, 0.15) is 24.3 Å². The predicted octanol–water partition coefficient (Wildman–Crippen LogP) is 3.29. The minimum absolute atomic E-state index is 0.702. The highest BCUT2D eigenvalue weighted by Gasteiger charge is 2.15. The van der Waals surface area contributed by atoms with E-state index in [0.29, 0.717) is 5.92 Å². The van der Waals surface area contributed by atoms with Gasteiger partial charge < -0.3 is 10.3 Å². The Bertz CT molecular complexity index is 498. The van der Waals surface area contributed by atoms with Crippen molar-refractivity contribution in [2.24, 2.45) is 0 Å². The average molecular weight is 235 g/mol. The molecule has 1 saturated heterocycles. The molecule has 0 amide bonds. The van der Waals surface area contributed by atoms with Gasteiger partial charge in [0.2, 0.25) is 0 Å². The number of piperidine rings is 1. The SMILES string of the molecule is Clc1c[nH]c2cc(C3CCNCC3)ccc12. The zero-order valence-electron chi connectivity index (χ0n) is 9.09. The predicted molar refractivity (Wildman–Crippen MR) is 68.2 cm³/mol. The smallest absolute Gasteiger partial charge is 0.0659 e. The van der Waals surface area contributed by atoms with E-state index < -0.39 is 0 Å². The van der Waals surface area contributed by atoms with E-state index in [-0.39, 0.29) is 0 Å². The molecule has 0 saturated carbocycles. The van der Waals surface area contributed by atoms with Crippen LogP contribution in [0.3, 0.4) is 0 Å². The van der Waals surface area contributed by atoms with Crippen LogP contribution in [0.4, 0.5) is 0 Å². The number of nitrogens with one attached hydrogen (secondary N) is 2. The van der Waals surface area contributed by atoms with Crippen molar-refractivity contribution in [3.63, 3.8) is 0 Å². The van der Waals surface area contributed by atoms with Gasteiger partial charge in [-0.1, -0.05) is 23.7 Å². The third-order valence-electron chi connectivity index (χ3n) is 3.47. The Kier molecular flexibility index (Phi) is 2.62. The number of hydrogen-bond donors (Lipinski definition) is 2. The van der Waals surface area contributed by atoms with Gasteiger partial charge in [-0.05, 0) is 43.5 Å². The van der Waals surface area contributed by atoms with Crippen LogP contribution in [0.25, 0.3) is 10.9 Å². The van der Waals surface area contributed by atoms with E-state index in [1.54, 1.807) is 0 Å². The summed E-state index contributed by atoms with van der Waals surface area (Å²) in [6, 6.07) is 6.60. The number of rotatable bonds is 1. The molecule has 2 aromatic rings. The second-order valence-corrected chi connectivity index (χ2v) is 4.87. The molecule has 0 bridgehead atoms. The van der Waals surface area contributed by atoms with Gasteiger partial charge in [0, 0.05) is 17.1 Å². The lowest BCUT2D eigenvalue weighted by atomic mass is 9.90. The first kappa shape index (κ1) is 10.2. The van der Waals surface area contributed by atoms with Crippen LogP contribution in [-0.2, 0) is 0 Å². The standard InChI is InChI=1S/C13H15ClN2/c14-12-8-16-13-7-10(1-2-11(12)13)9-3-5-15-6-4-9/h1-2,7-9,15-16H,3-6H2. The van der Waals surface area contributed by atoms with E-state index in [1.165, 1.54) is 18.4 Å². The minimum Gasteiger partial charge on any atom is -0.360 e. The number of hydrogen-bond acceptors (Lipinski definition) is 1. The fourth-order valence-electron chi connectivity index (χ4n) is 2.52. The van der Waals surface area contributed by atoms with Gasteiger partial charge >= 0.3 is 0 Å². The molecule has 0 radical (unpaired) electrons. The molecular weight excluding hydrogens is 220 g/mol. The molecule has 1 fully saturated rings. The van der Waals surface area contributed by atoms with Crippen LogP contribution in [0.5, 0.6) is 0 Å². The summed E-state index contributed by atoms with van der Waals surface area (Å²) in [6.07, 6.45) is 4.33. The van der Waals surface area contributed by atoms with Crippen LogP contribution in [0, 0.1) is 0 Å². The fourth-order valence-corrected chi connectivity index (χ4v) is 2.74. The maximum absolute atomic E-state index is 6.07. The van der Waals surface area contributed by atoms with Crippen LogP contribution in [-0.4, -0.2) is 18.1 Å². The molecule has 1 aliphatic heterocycles. The zero-order valence-corrected chi connectivity index (χ0v) is 9.85. The van der Waals surface area contributed by atoms with E-state index in [9.17, 15) is 0 Å². The fraction of sp³-hybridized carbons (Fsp3) is 0.385. The topological polar surface area (TPSA) is 27.8 Å². The second kappa shape index (κ2) is 4.11. The summed E-state index contributed by atoms with van der Waals surface area (Å²) >= 11 is 6.07. The van der Waals surface area contributed by atoms with Gasteiger partial charge in [0.05, 0.1) is 5.02 Å². The normalized spacial score (nSPS) is 18.1. The first-order valence-electron chi connectivity index (χ1n) is 5.82. The molecule has 0 unspecified atom stereocenters. The maximum Gasteiger partial charge on any atom is 0.0659 e. The first-order chi connectivity index (χ1) is 7.84. The van der Waals surface area contributed by atoms with Gasteiger partial charge in [0.1, 0.15) is 0 Å². The highest BCUT2D eigenvalue weighted by molar-refractivity contribution is 6.35. The number of H-pyrrole nitrogens is 1. The van der Waals surface area contributed by atoms with Gasteiger partial charge in [0.15, 0.2) is 0 Å². The van der Waals surface area contributed by atoms with Crippen molar-refractivity contribution in [2.45, 2.75) is 18.8 Å². The Hall–Kier alpha value is -0.990. The van der Waals surface area contributed by atoms with Crippen molar-refractivity contribution in [3.8, 4) is 0 Å². The monoisotopic (exact) mass is 234 g/mol. The number of aromatic nitrogens is 1. The van der Waals surface area contributed by atoms with Crippen molar-refractivity contribution >= 4 is 22.5 Å². The molecule has 3 heteroatoms. The van der Waals surface area contributed by atoms with E-state index >= 15 is 0 Å². The van der Waals surface area contributed by atoms with Crippen molar-refractivity contribution in [1.82, 2.24) is 10.3 Å². The lowest BCUT2D eigenvalue weighted by Gasteiger charge is -2.22. The molecule has 1 aromatic heterocycles. The Labute approximate surface area is 100.0 Å². The third kappa shape index (κ3) is 1.72. The highest BCUT2D eigenvalue weighted by Crippen LogP contribution is 2.30. The van der Waals surface area contributed by atoms with Crippen molar-refractivity contribution < 1.29 is 0 Å². The molecule has 84 valence electrons. The number of benzene rings is 1. The van der Waals surface area contributed by atoms with Crippen LogP contribution in [0.2, 0.25) is 5.02 Å². The molecule has 0 atom stereocenters. The first-order valence-corrected chi connectivity index (χ1v) is 6.19. The number of fused-ring (bicyclic) bond motifs is 1. The molecule has 3 rings (SSSR count). The highest BCUT2D eigenvalue weighted by atomic mass is 35.5. The Morgan fingerprint density at radius 3 is 2.81 bits per heavy atom. The molecular formula is C13H15ClN2. The van der Waals surface area contributed by atoms with Crippen LogP contribution >= 0.6 is 11.6 Å². The summed E-state index contributed by atoms with van der Waals surface area (Å²) in [6.45, 7) is 2.27. The molecule has 2 N–H and O–H groups in total. The lowest BCUT2D eigenvalue weighted by Crippen LogP contribution is -2.26. The molecule has 2 heterocycles. The Morgan fingerprint density at radius 1 is 1.19 bits per heavy atom. The summed E-state index contributed by atoms with van der Waals surface area (Å²) in [5.41, 5.74) is 2.59. The number of aromatic amines is 1. The molecule has 1 aromatic carbocycles. The summed E-state index contributed by atoms with van der Waals surface area (Å²) in [7, 11) is 0. The quantitative estimate of drug-likeness (QED) is 0.779. The lowest BCUT2D eigenvalue weighted by molar-refractivity contribution is 0.460. The van der Waals surface area contributed by atoms with Gasteiger partial charge in [-0.3, -0.25) is 0 Å².